The van der Waals surface area contributed by atoms with Crippen molar-refractivity contribution in [2.45, 2.75) is 47.3 Å². The molecule has 0 bridgehead atoms. The fraction of sp³-hybridized carbons (Fsp3) is 1.00. The van der Waals surface area contributed by atoms with Gasteiger partial charge in [-0.05, 0) is 0 Å². The Hall–Kier alpha value is 0.0684. The van der Waals surface area contributed by atoms with Crippen molar-refractivity contribution in [3.8, 4) is 0 Å². The van der Waals surface area contributed by atoms with E-state index in [4.69, 9.17) is 19.8 Å². The molecular formula is C10H22AsNO8S. The first-order valence-corrected chi connectivity index (χ1v) is 13.7. The van der Waals surface area contributed by atoms with Crippen molar-refractivity contribution in [2.24, 2.45) is 5.73 Å². The van der Waals surface area contributed by atoms with Crippen LogP contribution in [0.5, 0.6) is 0 Å². The molecular weight excluding hydrogens is 369 g/mol. The van der Waals surface area contributed by atoms with Gasteiger partial charge in [-0.25, -0.2) is 0 Å². The fourth-order valence-electron chi connectivity index (χ4n) is 1.97. The standard InChI is InChI=1S/C10H22AsNO8S/c1-11(2,15)3-7-8(13)9(14)10(20-7)19-4-6(12)5-21(16,17)18/h6-10,13-14H,3-5,12H2,1-2H3,(H,16,17,18)/t6-,7+,8+,9+,10+/m0/s1. The SMILES string of the molecule is C[As](C)(=O)C[C@H]1O[C@@H](OC[C@H](N)CS(=O)(=O)O)[C@H](O)[C@@H]1O. The van der Waals surface area contributed by atoms with Gasteiger partial charge in [-0.2, -0.15) is 0 Å². The fourth-order valence-corrected chi connectivity index (χ4v) is 5.06. The Morgan fingerprint density at radius 2 is 1.90 bits per heavy atom. The van der Waals surface area contributed by atoms with Crippen LogP contribution in [0.15, 0.2) is 0 Å². The second kappa shape index (κ2) is 7.10. The third-order valence-corrected chi connectivity index (χ3v) is 6.29. The van der Waals surface area contributed by atoms with Crippen molar-refractivity contribution < 1.29 is 36.4 Å². The second-order valence-electron chi connectivity index (χ2n) is 5.62. The molecule has 0 aromatic rings. The van der Waals surface area contributed by atoms with Gasteiger partial charge in [0.25, 0.3) is 0 Å². The molecule has 1 aliphatic heterocycles. The molecule has 0 aliphatic carbocycles. The zero-order chi connectivity index (χ0) is 16.4. The number of nitrogens with two attached hydrogens (primary N) is 1. The van der Waals surface area contributed by atoms with Crippen LogP contribution in [0.1, 0.15) is 0 Å². The van der Waals surface area contributed by atoms with Crippen LogP contribution < -0.4 is 5.73 Å². The van der Waals surface area contributed by atoms with E-state index in [2.05, 4.69) is 0 Å². The Morgan fingerprint density at radius 3 is 2.38 bits per heavy atom. The summed E-state index contributed by atoms with van der Waals surface area (Å²) in [5.41, 5.74) is 8.64. The maximum atomic E-state index is 11.8. The number of hydrogen-bond acceptors (Lipinski definition) is 8. The summed E-state index contributed by atoms with van der Waals surface area (Å²) in [6.45, 7) is -0.290. The van der Waals surface area contributed by atoms with Crippen LogP contribution in [-0.2, 0) is 23.3 Å². The van der Waals surface area contributed by atoms with E-state index in [9.17, 15) is 22.4 Å². The van der Waals surface area contributed by atoms with E-state index < -0.39 is 60.0 Å². The molecule has 21 heavy (non-hydrogen) atoms. The van der Waals surface area contributed by atoms with Gasteiger partial charge in [0.05, 0.1) is 0 Å². The van der Waals surface area contributed by atoms with E-state index in [1.54, 1.807) is 11.4 Å². The molecule has 0 saturated carbocycles. The van der Waals surface area contributed by atoms with Crippen LogP contribution in [-0.4, -0.2) is 79.7 Å². The predicted octanol–water partition coefficient (Wildman–Crippen LogP) is -1.70. The zero-order valence-corrected chi connectivity index (χ0v) is 14.5. The monoisotopic (exact) mass is 391 g/mol. The molecule has 0 radical (unpaired) electrons. The number of hydrogen-bond donors (Lipinski definition) is 4. The molecule has 1 aliphatic rings. The van der Waals surface area contributed by atoms with Crippen LogP contribution in [0.2, 0.25) is 16.6 Å². The van der Waals surface area contributed by atoms with E-state index in [0.717, 1.165) is 0 Å². The van der Waals surface area contributed by atoms with Crippen molar-refractivity contribution >= 4 is 23.6 Å². The third-order valence-electron chi connectivity index (χ3n) is 2.84. The van der Waals surface area contributed by atoms with Crippen molar-refractivity contribution in [2.75, 3.05) is 12.4 Å². The van der Waals surface area contributed by atoms with Gasteiger partial charge in [0, 0.05) is 0 Å². The average Bonchev–Trinajstić information content (AvgIpc) is 2.50. The molecule has 0 aromatic heterocycles. The molecule has 0 aromatic carbocycles. The van der Waals surface area contributed by atoms with Gasteiger partial charge in [-0.3, -0.25) is 0 Å². The van der Waals surface area contributed by atoms with Crippen molar-refractivity contribution in [1.29, 1.82) is 0 Å². The summed E-state index contributed by atoms with van der Waals surface area (Å²) < 4.78 is 52.1. The topological polar surface area (TPSA) is 156 Å². The van der Waals surface area contributed by atoms with Gasteiger partial charge in [-0.1, -0.05) is 0 Å². The van der Waals surface area contributed by atoms with E-state index in [-0.39, 0.29) is 11.8 Å². The summed E-state index contributed by atoms with van der Waals surface area (Å²) in [7, 11) is -4.22. The first-order valence-electron chi connectivity index (χ1n) is 6.27. The molecule has 1 fully saturated rings. The molecule has 11 heteroatoms. The number of rotatable bonds is 7. The number of ether oxygens (including phenoxy) is 2. The van der Waals surface area contributed by atoms with Crippen LogP contribution in [0.25, 0.3) is 0 Å². The predicted molar refractivity (Wildman–Crippen MR) is 74.0 cm³/mol. The van der Waals surface area contributed by atoms with Crippen LogP contribution in [0, 0.1) is 0 Å². The maximum absolute atomic E-state index is 11.8. The normalized spacial score (nSPS) is 32.3. The van der Waals surface area contributed by atoms with Gasteiger partial charge in [0.15, 0.2) is 0 Å². The summed E-state index contributed by atoms with van der Waals surface area (Å²) in [6, 6.07) is -1.00. The van der Waals surface area contributed by atoms with Gasteiger partial charge < -0.3 is 0 Å². The summed E-state index contributed by atoms with van der Waals surface area (Å²) in [5, 5.41) is 19.7. The Labute approximate surface area is 125 Å². The molecule has 0 amide bonds. The Morgan fingerprint density at radius 1 is 1.33 bits per heavy atom. The van der Waals surface area contributed by atoms with E-state index in [0.29, 0.717) is 0 Å². The molecule has 0 unspecified atom stereocenters. The van der Waals surface area contributed by atoms with Crippen molar-refractivity contribution in [1.82, 2.24) is 0 Å². The quantitative estimate of drug-likeness (QED) is 0.293. The Bertz CT molecular complexity index is 491. The van der Waals surface area contributed by atoms with Gasteiger partial charge in [0.2, 0.25) is 0 Å². The summed E-state index contributed by atoms with van der Waals surface area (Å²) in [6.07, 6.45) is -4.56. The average molecular weight is 391 g/mol. The van der Waals surface area contributed by atoms with Crippen molar-refractivity contribution in [3.05, 3.63) is 0 Å². The third kappa shape index (κ3) is 6.79. The van der Waals surface area contributed by atoms with Crippen molar-refractivity contribution in [3.63, 3.8) is 0 Å². The molecule has 126 valence electrons. The molecule has 1 rings (SSSR count). The molecule has 5 N–H and O–H groups in total. The number of aliphatic hydroxyl groups is 2. The van der Waals surface area contributed by atoms with E-state index in [1.807, 2.05) is 0 Å². The summed E-state index contributed by atoms with van der Waals surface area (Å²) in [4.78, 5) is 0. The van der Waals surface area contributed by atoms with Crippen LogP contribution >= 0.6 is 0 Å². The summed E-state index contributed by atoms with van der Waals surface area (Å²) >= 11 is -3.07. The minimum absolute atomic E-state index is 0.146. The van der Waals surface area contributed by atoms with Crippen LogP contribution in [0.3, 0.4) is 0 Å². The second-order valence-corrected chi connectivity index (χ2v) is 14.5. The summed E-state index contributed by atoms with van der Waals surface area (Å²) in [5.74, 6) is -0.691. The molecule has 0 spiro atoms. The molecule has 9 nitrogen and oxygen atoms in total. The first-order chi connectivity index (χ1) is 9.39. The molecule has 1 heterocycles. The molecule has 5 atom stereocenters. The Kier molecular flexibility index (Phi) is 6.46. The Balaban J connectivity index is 2.52. The molecule has 1 saturated heterocycles. The zero-order valence-electron chi connectivity index (χ0n) is 11.8. The number of aliphatic hydroxyl groups excluding tert-OH is 2. The van der Waals surface area contributed by atoms with Gasteiger partial charge in [-0.15, -0.1) is 0 Å². The van der Waals surface area contributed by atoms with Crippen LogP contribution in [0.4, 0.5) is 0 Å². The van der Waals surface area contributed by atoms with E-state index >= 15 is 0 Å². The van der Waals surface area contributed by atoms with Gasteiger partial charge in [0.1, 0.15) is 0 Å². The minimum atomic E-state index is -4.22. The first kappa shape index (κ1) is 19.1. The van der Waals surface area contributed by atoms with Gasteiger partial charge >= 0.3 is 125 Å². The van der Waals surface area contributed by atoms with E-state index in [1.165, 1.54) is 0 Å².